The van der Waals surface area contributed by atoms with Gasteiger partial charge in [0.15, 0.2) is 0 Å². The Morgan fingerprint density at radius 1 is 1.26 bits per heavy atom. The molecule has 2 aromatic rings. The highest BCUT2D eigenvalue weighted by molar-refractivity contribution is 9.10. The first-order valence-electron chi connectivity index (χ1n) is 8.83. The minimum Gasteiger partial charge on any atom is -0.464 e. The van der Waals surface area contributed by atoms with Gasteiger partial charge in [-0.15, -0.1) is 0 Å². The smallest absolute Gasteiger partial charge is 0.243 e. The van der Waals surface area contributed by atoms with Gasteiger partial charge in [0.05, 0.1) is 17.4 Å². The van der Waals surface area contributed by atoms with Crippen molar-refractivity contribution in [1.82, 2.24) is 9.21 Å². The Kier molecular flexibility index (Phi) is 6.08. The predicted molar refractivity (Wildman–Crippen MR) is 106 cm³/mol. The summed E-state index contributed by atoms with van der Waals surface area (Å²) in [5.41, 5.74) is 0. The summed E-state index contributed by atoms with van der Waals surface area (Å²) in [5, 5.41) is 0. The van der Waals surface area contributed by atoms with E-state index in [-0.39, 0.29) is 23.3 Å². The van der Waals surface area contributed by atoms with Crippen LogP contribution in [0.5, 0.6) is 0 Å². The molecular formula is C19H23BrN2O4S. The van der Waals surface area contributed by atoms with Crippen LogP contribution >= 0.6 is 15.9 Å². The summed E-state index contributed by atoms with van der Waals surface area (Å²) in [4.78, 5) is 14.7. The molecule has 0 N–H and O–H groups in total. The van der Waals surface area contributed by atoms with Gasteiger partial charge >= 0.3 is 0 Å². The number of halogens is 1. The lowest BCUT2D eigenvalue weighted by molar-refractivity contribution is -0.136. The van der Waals surface area contributed by atoms with E-state index in [1.807, 2.05) is 19.1 Å². The number of hydrogen-bond donors (Lipinski definition) is 0. The van der Waals surface area contributed by atoms with Gasteiger partial charge in [-0.1, -0.05) is 15.9 Å². The van der Waals surface area contributed by atoms with Crippen molar-refractivity contribution in [2.24, 2.45) is 5.92 Å². The third-order valence-corrected chi connectivity index (χ3v) is 7.16. The number of piperidine rings is 1. The van der Waals surface area contributed by atoms with E-state index in [0.717, 1.165) is 16.0 Å². The van der Waals surface area contributed by atoms with E-state index >= 15 is 0 Å². The third-order valence-electron chi connectivity index (χ3n) is 4.75. The minimum absolute atomic E-state index is 0.0558. The van der Waals surface area contributed by atoms with E-state index in [1.165, 1.54) is 4.31 Å². The number of hydrogen-bond acceptors (Lipinski definition) is 4. The largest absolute Gasteiger partial charge is 0.464 e. The third kappa shape index (κ3) is 4.62. The molecule has 1 aliphatic heterocycles. The first kappa shape index (κ1) is 20.1. The molecule has 1 unspecified atom stereocenters. The highest BCUT2D eigenvalue weighted by atomic mass is 79.9. The van der Waals surface area contributed by atoms with Gasteiger partial charge in [0.2, 0.25) is 15.9 Å². The van der Waals surface area contributed by atoms with Crippen molar-refractivity contribution >= 4 is 31.9 Å². The van der Waals surface area contributed by atoms with Crippen molar-refractivity contribution in [3.8, 4) is 0 Å². The van der Waals surface area contributed by atoms with E-state index in [0.29, 0.717) is 25.9 Å². The van der Waals surface area contributed by atoms with Crippen molar-refractivity contribution in [1.29, 1.82) is 0 Å². The number of sulfonamides is 1. The molecule has 1 saturated heterocycles. The van der Waals surface area contributed by atoms with E-state index in [2.05, 4.69) is 15.9 Å². The van der Waals surface area contributed by atoms with Crippen LogP contribution in [-0.2, 0) is 21.4 Å². The zero-order valence-electron chi connectivity index (χ0n) is 15.4. The first-order chi connectivity index (χ1) is 12.8. The second-order valence-electron chi connectivity index (χ2n) is 6.86. The number of nitrogens with zero attached hydrogens (tertiary/aromatic N) is 2. The molecular weight excluding hydrogens is 432 g/mol. The van der Waals surface area contributed by atoms with Gasteiger partial charge in [-0.25, -0.2) is 8.42 Å². The Hall–Kier alpha value is -1.64. The highest BCUT2D eigenvalue weighted by Crippen LogP contribution is 2.26. The van der Waals surface area contributed by atoms with E-state index in [9.17, 15) is 13.2 Å². The monoisotopic (exact) mass is 454 g/mol. The van der Waals surface area contributed by atoms with Crippen LogP contribution in [0.15, 0.2) is 50.2 Å². The maximum absolute atomic E-state index is 12.9. The molecule has 0 radical (unpaired) electrons. The Morgan fingerprint density at radius 2 is 1.96 bits per heavy atom. The van der Waals surface area contributed by atoms with Gasteiger partial charge in [-0.2, -0.15) is 4.31 Å². The van der Waals surface area contributed by atoms with Crippen LogP contribution in [0, 0.1) is 12.8 Å². The lowest BCUT2D eigenvalue weighted by Crippen LogP contribution is -2.45. The van der Waals surface area contributed by atoms with Gasteiger partial charge < -0.3 is 9.32 Å². The van der Waals surface area contributed by atoms with Crippen molar-refractivity contribution in [3.05, 3.63) is 52.4 Å². The SMILES string of the molecule is Cc1ccc(CN(C)C(=O)C2CCCN(S(=O)(=O)c3ccc(Br)cc3)C2)o1. The summed E-state index contributed by atoms with van der Waals surface area (Å²) in [7, 11) is -1.88. The van der Waals surface area contributed by atoms with Crippen molar-refractivity contribution in [3.63, 3.8) is 0 Å². The molecule has 3 rings (SSSR count). The standard InChI is InChI=1S/C19H23BrN2O4S/c1-14-5-8-17(26-14)13-21(2)19(23)15-4-3-11-22(12-15)27(24,25)18-9-6-16(20)7-10-18/h5-10,15H,3-4,11-13H2,1-2H3. The fourth-order valence-corrected chi connectivity index (χ4v) is 5.10. The molecule has 27 heavy (non-hydrogen) atoms. The summed E-state index contributed by atoms with van der Waals surface area (Å²) in [5.74, 6) is 1.12. The summed E-state index contributed by atoms with van der Waals surface area (Å²) < 4.78 is 33.6. The molecule has 1 aromatic carbocycles. The van der Waals surface area contributed by atoms with Gasteiger partial charge in [0.1, 0.15) is 11.5 Å². The van der Waals surface area contributed by atoms with E-state index < -0.39 is 10.0 Å². The normalized spacial score (nSPS) is 18.4. The summed E-state index contributed by atoms with van der Waals surface area (Å²) in [6.07, 6.45) is 1.35. The Bertz CT molecular complexity index is 908. The number of benzene rings is 1. The minimum atomic E-state index is -3.60. The van der Waals surface area contributed by atoms with Crippen molar-refractivity contribution < 1.29 is 17.6 Å². The number of aryl methyl sites for hydroxylation is 1. The predicted octanol–water partition coefficient (Wildman–Crippen LogP) is 3.41. The first-order valence-corrected chi connectivity index (χ1v) is 11.1. The number of carbonyl (C=O) groups is 1. The molecule has 1 aromatic heterocycles. The topological polar surface area (TPSA) is 70.8 Å². The summed E-state index contributed by atoms with van der Waals surface area (Å²) in [6.45, 7) is 2.88. The Balaban J connectivity index is 1.69. The van der Waals surface area contributed by atoms with Gasteiger partial charge in [-0.3, -0.25) is 4.79 Å². The molecule has 0 bridgehead atoms. The molecule has 1 fully saturated rings. The maximum Gasteiger partial charge on any atom is 0.243 e. The second-order valence-corrected chi connectivity index (χ2v) is 9.72. The van der Waals surface area contributed by atoms with E-state index in [1.54, 1.807) is 36.2 Å². The van der Waals surface area contributed by atoms with Crippen molar-refractivity contribution in [2.45, 2.75) is 31.2 Å². The van der Waals surface area contributed by atoms with Crippen LogP contribution in [0.4, 0.5) is 0 Å². The zero-order valence-corrected chi connectivity index (χ0v) is 17.8. The van der Waals surface area contributed by atoms with Crippen LogP contribution in [0.2, 0.25) is 0 Å². The molecule has 0 saturated carbocycles. The lowest BCUT2D eigenvalue weighted by Gasteiger charge is -2.33. The van der Waals surface area contributed by atoms with Crippen LogP contribution in [0.25, 0.3) is 0 Å². The maximum atomic E-state index is 12.9. The summed E-state index contributed by atoms with van der Waals surface area (Å²) >= 11 is 3.32. The van der Waals surface area contributed by atoms with Gasteiger partial charge in [-0.05, 0) is 56.2 Å². The number of furan rings is 1. The number of carbonyl (C=O) groups excluding carboxylic acids is 1. The fraction of sp³-hybridized carbons (Fsp3) is 0.421. The lowest BCUT2D eigenvalue weighted by atomic mass is 9.98. The van der Waals surface area contributed by atoms with Gasteiger partial charge in [0, 0.05) is 24.6 Å². The molecule has 0 aliphatic carbocycles. The Morgan fingerprint density at radius 3 is 2.59 bits per heavy atom. The molecule has 1 amide bonds. The zero-order chi connectivity index (χ0) is 19.6. The van der Waals surface area contributed by atoms with Crippen molar-refractivity contribution in [2.75, 3.05) is 20.1 Å². The fourth-order valence-electron chi connectivity index (χ4n) is 3.31. The second kappa shape index (κ2) is 8.16. The van der Waals surface area contributed by atoms with E-state index in [4.69, 9.17) is 4.42 Å². The molecule has 2 heterocycles. The molecule has 6 nitrogen and oxygen atoms in total. The van der Waals surface area contributed by atoms with Gasteiger partial charge in [0.25, 0.3) is 0 Å². The molecule has 1 atom stereocenters. The Labute approximate surface area is 168 Å². The van der Waals surface area contributed by atoms with Crippen LogP contribution < -0.4 is 0 Å². The van der Waals surface area contributed by atoms with Crippen LogP contribution in [0.1, 0.15) is 24.4 Å². The number of amides is 1. The molecule has 1 aliphatic rings. The average Bonchev–Trinajstić information content (AvgIpc) is 3.06. The molecule has 146 valence electrons. The quantitative estimate of drug-likeness (QED) is 0.693. The summed E-state index contributed by atoms with van der Waals surface area (Å²) in [6, 6.07) is 10.3. The average molecular weight is 455 g/mol. The van der Waals surface area contributed by atoms with Crippen LogP contribution in [0.3, 0.4) is 0 Å². The molecule has 8 heteroatoms. The number of rotatable bonds is 5. The highest BCUT2D eigenvalue weighted by Gasteiger charge is 2.34. The van der Waals surface area contributed by atoms with Crippen LogP contribution in [-0.4, -0.2) is 43.7 Å². The molecule has 0 spiro atoms.